The molecule has 0 aliphatic heterocycles. The van der Waals surface area contributed by atoms with Crippen LogP contribution in [0.1, 0.15) is 20.3 Å². The predicted molar refractivity (Wildman–Crippen MR) is 48.8 cm³/mol. The predicted octanol–water partition coefficient (Wildman–Crippen LogP) is 1.94. The first-order chi connectivity index (χ1) is 5.10. The smallest absolute Gasteiger partial charge is 0.312 e. The molecule has 2 nitrogen and oxygen atoms in total. The zero-order chi connectivity index (χ0) is 8.91. The molecule has 1 atom stereocenters. The van der Waals surface area contributed by atoms with Crippen LogP contribution in [0.2, 0.25) is 0 Å². The fourth-order valence-electron chi connectivity index (χ4n) is 0.870. The molecule has 0 fully saturated rings. The normalized spacial score (nSPS) is 15.6. The number of ether oxygens (including phenoxy) is 1. The van der Waals surface area contributed by atoms with Gasteiger partial charge in [0, 0.05) is 5.75 Å². The summed E-state index contributed by atoms with van der Waals surface area (Å²) >= 11 is 1.68. The molecule has 0 amide bonds. The Morgan fingerprint density at radius 2 is 2.18 bits per heavy atom. The van der Waals surface area contributed by atoms with Gasteiger partial charge in [-0.05, 0) is 19.6 Å². The first-order valence-electron chi connectivity index (χ1n) is 3.68. The number of thioether (sulfide) groups is 1. The Kier molecular flexibility index (Phi) is 4.57. The van der Waals surface area contributed by atoms with Crippen molar-refractivity contribution in [2.45, 2.75) is 20.3 Å². The van der Waals surface area contributed by atoms with Crippen molar-refractivity contribution < 1.29 is 9.53 Å². The molecule has 66 valence electrons. The molecule has 0 N–H and O–H groups in total. The maximum atomic E-state index is 11.2. The largest absolute Gasteiger partial charge is 0.469 e. The Morgan fingerprint density at radius 1 is 1.64 bits per heavy atom. The fraction of sp³-hybridized carbons (Fsp3) is 0.875. The maximum Gasteiger partial charge on any atom is 0.312 e. The molecule has 1 unspecified atom stereocenters. The van der Waals surface area contributed by atoms with E-state index in [1.807, 2.05) is 20.1 Å². The number of esters is 1. The summed E-state index contributed by atoms with van der Waals surface area (Å²) in [5.74, 6) is 0.727. The lowest BCUT2D eigenvalue weighted by Gasteiger charge is -2.23. The first-order valence-corrected chi connectivity index (χ1v) is 5.07. The van der Waals surface area contributed by atoms with Crippen LogP contribution in [0.15, 0.2) is 0 Å². The van der Waals surface area contributed by atoms with Gasteiger partial charge >= 0.3 is 5.97 Å². The maximum absolute atomic E-state index is 11.2. The van der Waals surface area contributed by atoms with E-state index in [9.17, 15) is 4.79 Å². The molecule has 0 saturated heterocycles. The number of rotatable bonds is 4. The standard InChI is InChI=1S/C8H16O2S/c1-5-8(2,6-11-4)7(9)10-3/h5-6H2,1-4H3. The number of hydrogen-bond donors (Lipinski definition) is 0. The van der Waals surface area contributed by atoms with Gasteiger partial charge in [0.25, 0.3) is 0 Å². The van der Waals surface area contributed by atoms with E-state index < -0.39 is 0 Å². The van der Waals surface area contributed by atoms with E-state index in [-0.39, 0.29) is 11.4 Å². The monoisotopic (exact) mass is 176 g/mol. The van der Waals surface area contributed by atoms with Gasteiger partial charge < -0.3 is 4.74 Å². The molecule has 0 aliphatic rings. The molecule has 0 aromatic rings. The summed E-state index contributed by atoms with van der Waals surface area (Å²) < 4.78 is 4.71. The van der Waals surface area contributed by atoms with Gasteiger partial charge in [0.15, 0.2) is 0 Å². The molecule has 0 aromatic carbocycles. The Morgan fingerprint density at radius 3 is 2.45 bits per heavy atom. The van der Waals surface area contributed by atoms with Crippen LogP contribution < -0.4 is 0 Å². The number of carbonyl (C=O) groups excluding carboxylic acids is 1. The van der Waals surface area contributed by atoms with E-state index in [2.05, 4.69) is 0 Å². The minimum atomic E-state index is -0.297. The second-order valence-electron chi connectivity index (χ2n) is 2.84. The molecule has 0 spiro atoms. The van der Waals surface area contributed by atoms with Crippen molar-refractivity contribution in [3.05, 3.63) is 0 Å². The number of carbonyl (C=O) groups is 1. The van der Waals surface area contributed by atoms with Crippen molar-refractivity contribution in [2.75, 3.05) is 19.1 Å². The minimum Gasteiger partial charge on any atom is -0.469 e. The molecular formula is C8H16O2S. The second kappa shape index (κ2) is 4.65. The molecular weight excluding hydrogens is 160 g/mol. The Hall–Kier alpha value is -0.180. The summed E-state index contributed by atoms with van der Waals surface area (Å²) in [4.78, 5) is 11.2. The highest BCUT2D eigenvalue weighted by Gasteiger charge is 2.31. The fourth-order valence-corrected chi connectivity index (χ4v) is 1.83. The Labute approximate surface area is 72.7 Å². The second-order valence-corrected chi connectivity index (χ2v) is 3.70. The van der Waals surface area contributed by atoms with Gasteiger partial charge in [-0.25, -0.2) is 0 Å². The van der Waals surface area contributed by atoms with Gasteiger partial charge in [0.2, 0.25) is 0 Å². The first kappa shape index (κ1) is 10.8. The van der Waals surface area contributed by atoms with Crippen molar-refractivity contribution in [2.24, 2.45) is 5.41 Å². The SMILES string of the molecule is CCC(C)(CSC)C(=O)OC. The molecule has 0 heterocycles. The lowest BCUT2D eigenvalue weighted by Crippen LogP contribution is -2.30. The van der Waals surface area contributed by atoms with Crippen LogP contribution in [0.4, 0.5) is 0 Å². The van der Waals surface area contributed by atoms with Crippen LogP contribution in [0, 0.1) is 5.41 Å². The van der Waals surface area contributed by atoms with E-state index in [0.29, 0.717) is 0 Å². The highest BCUT2D eigenvalue weighted by Crippen LogP contribution is 2.26. The summed E-state index contributed by atoms with van der Waals surface area (Å²) in [7, 11) is 1.44. The van der Waals surface area contributed by atoms with E-state index in [4.69, 9.17) is 4.74 Å². The molecule has 0 aliphatic carbocycles. The van der Waals surface area contributed by atoms with Crippen LogP contribution in [-0.4, -0.2) is 25.1 Å². The van der Waals surface area contributed by atoms with Crippen molar-refractivity contribution in [1.29, 1.82) is 0 Å². The van der Waals surface area contributed by atoms with Gasteiger partial charge in [-0.15, -0.1) is 0 Å². The van der Waals surface area contributed by atoms with E-state index >= 15 is 0 Å². The summed E-state index contributed by atoms with van der Waals surface area (Å²) in [5, 5.41) is 0. The zero-order valence-corrected chi connectivity index (χ0v) is 8.46. The van der Waals surface area contributed by atoms with E-state index in [0.717, 1.165) is 12.2 Å². The summed E-state index contributed by atoms with van der Waals surface area (Å²) in [6, 6.07) is 0. The lowest BCUT2D eigenvalue weighted by atomic mass is 9.90. The zero-order valence-electron chi connectivity index (χ0n) is 7.64. The summed E-state index contributed by atoms with van der Waals surface area (Å²) in [5.41, 5.74) is -0.297. The third-order valence-electron chi connectivity index (χ3n) is 1.92. The summed E-state index contributed by atoms with van der Waals surface area (Å²) in [6.45, 7) is 3.95. The molecule has 0 saturated carbocycles. The molecule has 11 heavy (non-hydrogen) atoms. The van der Waals surface area contributed by atoms with Crippen molar-refractivity contribution in [3.63, 3.8) is 0 Å². The van der Waals surface area contributed by atoms with Crippen molar-refractivity contribution >= 4 is 17.7 Å². The molecule has 0 rings (SSSR count). The van der Waals surface area contributed by atoms with Gasteiger partial charge in [-0.3, -0.25) is 4.79 Å². The number of methoxy groups -OCH3 is 1. The van der Waals surface area contributed by atoms with Gasteiger partial charge in [-0.2, -0.15) is 11.8 Å². The van der Waals surface area contributed by atoms with Crippen molar-refractivity contribution in [1.82, 2.24) is 0 Å². The summed E-state index contributed by atoms with van der Waals surface area (Å²) in [6.07, 6.45) is 2.83. The average molecular weight is 176 g/mol. The third-order valence-corrected chi connectivity index (χ3v) is 2.85. The molecule has 0 aromatic heterocycles. The quantitative estimate of drug-likeness (QED) is 0.612. The lowest BCUT2D eigenvalue weighted by molar-refractivity contribution is -0.150. The highest BCUT2D eigenvalue weighted by atomic mass is 32.2. The van der Waals surface area contributed by atoms with Gasteiger partial charge in [0.1, 0.15) is 0 Å². The van der Waals surface area contributed by atoms with E-state index in [1.165, 1.54) is 7.11 Å². The van der Waals surface area contributed by atoms with Gasteiger partial charge in [0.05, 0.1) is 12.5 Å². The average Bonchev–Trinajstić information content (AvgIpc) is 2.03. The molecule has 3 heteroatoms. The minimum absolute atomic E-state index is 0.102. The Balaban J connectivity index is 4.19. The third kappa shape index (κ3) is 2.73. The van der Waals surface area contributed by atoms with Crippen LogP contribution in [0.3, 0.4) is 0 Å². The Bertz CT molecular complexity index is 136. The number of hydrogen-bond acceptors (Lipinski definition) is 3. The molecule has 0 radical (unpaired) electrons. The van der Waals surface area contributed by atoms with Crippen LogP contribution >= 0.6 is 11.8 Å². The van der Waals surface area contributed by atoms with Crippen LogP contribution in [0.25, 0.3) is 0 Å². The topological polar surface area (TPSA) is 26.3 Å². The van der Waals surface area contributed by atoms with Gasteiger partial charge in [-0.1, -0.05) is 6.92 Å². The highest BCUT2D eigenvalue weighted by molar-refractivity contribution is 7.98. The molecule has 0 bridgehead atoms. The van der Waals surface area contributed by atoms with Crippen LogP contribution in [-0.2, 0) is 9.53 Å². The van der Waals surface area contributed by atoms with Crippen molar-refractivity contribution in [3.8, 4) is 0 Å². The van der Waals surface area contributed by atoms with E-state index in [1.54, 1.807) is 11.8 Å². The van der Waals surface area contributed by atoms with Crippen LogP contribution in [0.5, 0.6) is 0 Å².